The molecule has 2 aliphatic carbocycles. The maximum atomic E-state index is 14.1. The van der Waals surface area contributed by atoms with Crippen LogP contribution < -0.4 is 16.0 Å². The molecular weight excluding hydrogens is 891 g/mol. The second kappa shape index (κ2) is 21.3. The van der Waals surface area contributed by atoms with E-state index in [0.29, 0.717) is 86.2 Å². The van der Waals surface area contributed by atoms with E-state index < -0.39 is 35.8 Å². The lowest BCUT2D eigenvalue weighted by Crippen LogP contribution is -2.47. The molecule has 7 nitrogen and oxygen atoms in total. The number of unbranched alkanes of at least 4 members (excludes halogenated alkanes) is 3. The standard InChI is InChI=1S/C56H54F6N4O3/c57-55(58,59)37-65-53(69)54(48-25-10-8-20-43(48)44-21-9-11-26-49(44)54)31-12-15-35-66(34-14-1-13-32-64-52(68)50-45-22-5-3-18-41(45)42-19-4-6-23-46(42)50)36-16-33-63-51(67)47-24-7-2-17-40(47)38-27-29-39(30-28-38)56(60,61)62/h2-11,17-30,50H,1,12-16,31-37H2,(H,63,67)(H,64,68)(H,65,69). The van der Waals surface area contributed by atoms with Crippen LogP contribution in [0.25, 0.3) is 33.4 Å². The first-order chi connectivity index (χ1) is 33.3. The monoisotopic (exact) mass is 944 g/mol. The van der Waals surface area contributed by atoms with Gasteiger partial charge in [-0.25, -0.2) is 0 Å². The number of carbonyl (C=O) groups is 3. The van der Waals surface area contributed by atoms with Gasteiger partial charge < -0.3 is 20.9 Å². The van der Waals surface area contributed by atoms with E-state index in [4.69, 9.17) is 0 Å². The first-order valence-corrected chi connectivity index (χ1v) is 23.5. The highest BCUT2D eigenvalue weighted by molar-refractivity contribution is 6.02. The largest absolute Gasteiger partial charge is 0.416 e. The lowest BCUT2D eigenvalue weighted by atomic mass is 9.73. The lowest BCUT2D eigenvalue weighted by Gasteiger charge is -2.31. The molecule has 0 fully saturated rings. The highest BCUT2D eigenvalue weighted by Crippen LogP contribution is 2.52. The fourth-order valence-electron chi connectivity index (χ4n) is 10.1. The second-order valence-corrected chi connectivity index (χ2v) is 17.8. The Bertz CT molecular complexity index is 2680. The van der Waals surface area contributed by atoms with E-state index in [-0.39, 0.29) is 17.7 Å². The van der Waals surface area contributed by atoms with Crippen molar-refractivity contribution in [2.24, 2.45) is 0 Å². The number of benzene rings is 6. The summed E-state index contributed by atoms with van der Waals surface area (Å²) < 4.78 is 80.2. The highest BCUT2D eigenvalue weighted by atomic mass is 19.4. The van der Waals surface area contributed by atoms with E-state index >= 15 is 0 Å². The average Bonchev–Trinajstić information content (AvgIpc) is 3.84. The number of halogens is 6. The summed E-state index contributed by atoms with van der Waals surface area (Å²) in [6.07, 6.45) is -4.58. The molecule has 2 aliphatic rings. The molecule has 3 N–H and O–H groups in total. The summed E-state index contributed by atoms with van der Waals surface area (Å²) in [5.74, 6) is -1.43. The molecule has 0 radical (unpaired) electrons. The molecule has 0 unspecified atom stereocenters. The van der Waals surface area contributed by atoms with Crippen LogP contribution in [-0.4, -0.2) is 68.1 Å². The van der Waals surface area contributed by atoms with Crippen molar-refractivity contribution in [3.05, 3.63) is 179 Å². The second-order valence-electron chi connectivity index (χ2n) is 17.8. The molecule has 3 amide bonds. The van der Waals surface area contributed by atoms with Crippen molar-refractivity contribution in [2.75, 3.05) is 39.3 Å². The highest BCUT2D eigenvalue weighted by Gasteiger charge is 2.49. The Kier molecular flexibility index (Phi) is 15.0. The van der Waals surface area contributed by atoms with Crippen LogP contribution in [0.15, 0.2) is 146 Å². The summed E-state index contributed by atoms with van der Waals surface area (Å²) in [5.41, 5.74) is 6.44. The van der Waals surface area contributed by atoms with Gasteiger partial charge >= 0.3 is 12.4 Å². The zero-order chi connectivity index (χ0) is 48.6. The summed E-state index contributed by atoms with van der Waals surface area (Å²) in [6, 6.07) is 42.3. The molecule has 0 saturated heterocycles. The Hall–Kier alpha value is -6.73. The third kappa shape index (κ3) is 10.9. The molecule has 0 aromatic heterocycles. The van der Waals surface area contributed by atoms with Crippen molar-refractivity contribution < 1.29 is 40.7 Å². The molecule has 6 aromatic rings. The third-order valence-electron chi connectivity index (χ3n) is 13.4. The molecule has 358 valence electrons. The molecular formula is C56H54F6N4O3. The quantitative estimate of drug-likeness (QED) is 0.0525. The van der Waals surface area contributed by atoms with Crippen LogP contribution in [0.4, 0.5) is 26.3 Å². The predicted octanol–water partition coefficient (Wildman–Crippen LogP) is 11.7. The van der Waals surface area contributed by atoms with Crippen molar-refractivity contribution in [1.29, 1.82) is 0 Å². The number of hydrogen-bond donors (Lipinski definition) is 3. The normalized spacial score (nSPS) is 13.6. The number of amides is 3. The topological polar surface area (TPSA) is 90.5 Å². The van der Waals surface area contributed by atoms with Crippen LogP contribution in [0.5, 0.6) is 0 Å². The molecule has 0 bridgehead atoms. The predicted molar refractivity (Wildman–Crippen MR) is 256 cm³/mol. The molecule has 0 spiro atoms. The first-order valence-electron chi connectivity index (χ1n) is 23.5. The van der Waals surface area contributed by atoms with Crippen molar-refractivity contribution in [1.82, 2.24) is 20.9 Å². The van der Waals surface area contributed by atoms with Gasteiger partial charge in [0.05, 0.1) is 11.5 Å². The van der Waals surface area contributed by atoms with E-state index in [0.717, 1.165) is 64.8 Å². The van der Waals surface area contributed by atoms with Crippen LogP contribution in [0, 0.1) is 0 Å². The van der Waals surface area contributed by atoms with Crippen LogP contribution in [0.3, 0.4) is 0 Å². The van der Waals surface area contributed by atoms with Gasteiger partial charge in [0, 0.05) is 18.7 Å². The van der Waals surface area contributed by atoms with Crippen LogP contribution in [0.2, 0.25) is 0 Å². The summed E-state index contributed by atoms with van der Waals surface area (Å²) >= 11 is 0. The fourth-order valence-corrected chi connectivity index (χ4v) is 10.1. The minimum atomic E-state index is -4.58. The molecule has 6 aromatic carbocycles. The summed E-state index contributed by atoms with van der Waals surface area (Å²) in [6.45, 7) is 1.36. The van der Waals surface area contributed by atoms with Gasteiger partial charge in [0.25, 0.3) is 5.91 Å². The molecule has 0 atom stereocenters. The number of alkyl halides is 6. The van der Waals surface area contributed by atoms with Crippen LogP contribution >= 0.6 is 0 Å². The zero-order valence-corrected chi connectivity index (χ0v) is 38.1. The molecule has 8 rings (SSSR count). The third-order valence-corrected chi connectivity index (χ3v) is 13.4. The number of nitrogens with one attached hydrogen (secondary N) is 3. The van der Waals surface area contributed by atoms with Crippen LogP contribution in [-0.2, 0) is 21.2 Å². The van der Waals surface area contributed by atoms with Gasteiger partial charge in [0.2, 0.25) is 11.8 Å². The van der Waals surface area contributed by atoms with E-state index in [2.05, 4.69) is 20.9 Å². The molecule has 13 heteroatoms. The van der Waals surface area contributed by atoms with Gasteiger partial charge in [-0.3, -0.25) is 14.4 Å². The Labute approximate surface area is 398 Å². The van der Waals surface area contributed by atoms with E-state index in [1.165, 1.54) is 12.1 Å². The van der Waals surface area contributed by atoms with Gasteiger partial charge in [0.15, 0.2) is 0 Å². The average molecular weight is 945 g/mol. The van der Waals surface area contributed by atoms with Gasteiger partial charge in [-0.2, -0.15) is 26.3 Å². The van der Waals surface area contributed by atoms with Crippen LogP contribution in [0.1, 0.15) is 89.0 Å². The summed E-state index contributed by atoms with van der Waals surface area (Å²) in [7, 11) is 0. The van der Waals surface area contributed by atoms with E-state index in [9.17, 15) is 40.7 Å². The van der Waals surface area contributed by atoms with Gasteiger partial charge in [-0.15, -0.1) is 0 Å². The number of carbonyl (C=O) groups excluding carboxylic acids is 3. The van der Waals surface area contributed by atoms with Crippen molar-refractivity contribution in [3.63, 3.8) is 0 Å². The maximum Gasteiger partial charge on any atom is 0.416 e. The minimum absolute atomic E-state index is 0.0320. The van der Waals surface area contributed by atoms with Gasteiger partial charge in [-0.05, 0) is 126 Å². The van der Waals surface area contributed by atoms with Gasteiger partial charge in [0.1, 0.15) is 12.0 Å². The minimum Gasteiger partial charge on any atom is -0.355 e. The Morgan fingerprint density at radius 2 is 1.01 bits per heavy atom. The zero-order valence-electron chi connectivity index (χ0n) is 38.1. The number of nitrogens with zero attached hydrogens (tertiary/aromatic N) is 1. The Morgan fingerprint density at radius 1 is 0.507 bits per heavy atom. The molecule has 0 aliphatic heterocycles. The molecule has 0 heterocycles. The van der Waals surface area contributed by atoms with E-state index in [1.807, 2.05) is 97.1 Å². The smallest absolute Gasteiger partial charge is 0.355 e. The first kappa shape index (κ1) is 48.7. The van der Waals surface area contributed by atoms with Crippen molar-refractivity contribution in [2.45, 2.75) is 68.6 Å². The fraction of sp³-hybridized carbons (Fsp3) is 0.304. The maximum absolute atomic E-state index is 14.1. The molecule has 0 saturated carbocycles. The van der Waals surface area contributed by atoms with E-state index in [1.54, 1.807) is 24.3 Å². The summed E-state index contributed by atoms with van der Waals surface area (Å²) in [4.78, 5) is 43.5. The Morgan fingerprint density at radius 3 is 1.61 bits per heavy atom. The number of rotatable bonds is 20. The van der Waals surface area contributed by atoms with Crippen molar-refractivity contribution in [3.8, 4) is 33.4 Å². The number of fused-ring (bicyclic) bond motifs is 6. The van der Waals surface area contributed by atoms with Gasteiger partial charge in [-0.1, -0.05) is 140 Å². The number of hydrogen-bond acceptors (Lipinski definition) is 4. The van der Waals surface area contributed by atoms with Crippen molar-refractivity contribution >= 4 is 17.7 Å². The molecule has 69 heavy (non-hydrogen) atoms. The Balaban J connectivity index is 0.901. The SMILES string of the molecule is O=C(NCCCN(CCCCCNC(=O)C1c2ccccc2-c2ccccc21)CCCCC1(C(=O)NCC(F)(F)F)c2ccccc2-c2ccccc21)c1ccccc1-c1ccc(C(F)(F)F)cc1. The summed E-state index contributed by atoms with van der Waals surface area (Å²) in [5, 5.41) is 8.36. The lowest BCUT2D eigenvalue weighted by molar-refractivity contribution is -0.141.